The van der Waals surface area contributed by atoms with Gasteiger partial charge in [-0.1, -0.05) is 30.0 Å². The van der Waals surface area contributed by atoms with E-state index in [-0.39, 0.29) is 0 Å². The smallest absolute Gasteiger partial charge is 0.0367 e. The molecule has 0 aromatic heterocycles. The van der Waals surface area contributed by atoms with Crippen molar-refractivity contribution >= 4 is 11.8 Å². The Morgan fingerprint density at radius 2 is 1.60 bits per heavy atom. The molecule has 128 valence electrons. The van der Waals surface area contributed by atoms with Crippen LogP contribution in [-0.2, 0) is 0 Å². The number of piperazine rings is 1. The van der Waals surface area contributed by atoms with Crippen molar-refractivity contribution in [3.8, 4) is 11.8 Å². The summed E-state index contributed by atoms with van der Waals surface area (Å²) in [5.74, 6) is 6.35. The average molecular weight is 330 g/mol. The van der Waals surface area contributed by atoms with Crippen LogP contribution in [0.5, 0.6) is 0 Å². The standard InChI is InChI=1S/C23H26N2/c1-19-8-9-22(18-20(19)2)7-5-4-6-21-10-12-23(13-11-21)25-16-14-24(3)15-17-25/h5,7-13,18H,14-17H2,1-3H3/b7-5+. The SMILES string of the molecule is Cc1ccc(/C=C/C#Cc2ccc(N3CCN(C)CC3)cc2)cc1C. The summed E-state index contributed by atoms with van der Waals surface area (Å²) < 4.78 is 0. The van der Waals surface area contributed by atoms with Gasteiger partial charge in [-0.3, -0.25) is 0 Å². The maximum absolute atomic E-state index is 3.21. The number of aryl methyl sites for hydroxylation is 2. The largest absolute Gasteiger partial charge is 0.369 e. The molecule has 0 saturated carbocycles. The number of rotatable bonds is 2. The number of hydrogen-bond donors (Lipinski definition) is 0. The summed E-state index contributed by atoms with van der Waals surface area (Å²) in [6, 6.07) is 15.1. The van der Waals surface area contributed by atoms with Crippen LogP contribution in [0, 0.1) is 25.7 Å². The van der Waals surface area contributed by atoms with Gasteiger partial charge in [-0.05, 0) is 74.0 Å². The first kappa shape index (κ1) is 17.3. The third kappa shape index (κ3) is 4.75. The molecule has 0 radical (unpaired) electrons. The van der Waals surface area contributed by atoms with Crippen LogP contribution in [0.25, 0.3) is 6.08 Å². The highest BCUT2D eigenvalue weighted by atomic mass is 15.2. The Bertz CT molecular complexity index is 798. The van der Waals surface area contributed by atoms with Crippen molar-refractivity contribution in [3.63, 3.8) is 0 Å². The van der Waals surface area contributed by atoms with Crippen LogP contribution in [0.2, 0.25) is 0 Å². The molecule has 0 aliphatic carbocycles. The second-order valence-corrected chi connectivity index (χ2v) is 6.78. The molecule has 3 rings (SSSR count). The van der Waals surface area contributed by atoms with E-state index in [0.29, 0.717) is 0 Å². The molecule has 0 amide bonds. The zero-order chi connectivity index (χ0) is 17.6. The van der Waals surface area contributed by atoms with Crippen molar-refractivity contribution in [3.05, 3.63) is 70.8 Å². The Morgan fingerprint density at radius 3 is 2.28 bits per heavy atom. The lowest BCUT2D eigenvalue weighted by atomic mass is 10.1. The minimum absolute atomic E-state index is 1.06. The molecule has 1 saturated heterocycles. The quantitative estimate of drug-likeness (QED) is 0.764. The summed E-state index contributed by atoms with van der Waals surface area (Å²) >= 11 is 0. The Labute approximate surface area is 151 Å². The fourth-order valence-corrected chi connectivity index (χ4v) is 2.95. The molecule has 2 aromatic rings. The maximum Gasteiger partial charge on any atom is 0.0367 e. The second kappa shape index (κ2) is 8.05. The van der Waals surface area contributed by atoms with Gasteiger partial charge in [-0.25, -0.2) is 0 Å². The van der Waals surface area contributed by atoms with E-state index in [1.54, 1.807) is 0 Å². The lowest BCUT2D eigenvalue weighted by Gasteiger charge is -2.34. The molecule has 2 heteroatoms. The van der Waals surface area contributed by atoms with E-state index in [4.69, 9.17) is 0 Å². The van der Waals surface area contributed by atoms with Crippen LogP contribution in [0.1, 0.15) is 22.3 Å². The highest BCUT2D eigenvalue weighted by molar-refractivity contribution is 5.56. The van der Waals surface area contributed by atoms with Crippen molar-refractivity contribution in [1.29, 1.82) is 0 Å². The van der Waals surface area contributed by atoms with Crippen LogP contribution >= 0.6 is 0 Å². The van der Waals surface area contributed by atoms with E-state index in [0.717, 1.165) is 31.7 Å². The fourth-order valence-electron chi connectivity index (χ4n) is 2.95. The molecule has 0 N–H and O–H groups in total. The van der Waals surface area contributed by atoms with Gasteiger partial charge in [0.2, 0.25) is 0 Å². The number of allylic oxidation sites excluding steroid dienone is 1. The van der Waals surface area contributed by atoms with E-state index >= 15 is 0 Å². The third-order valence-electron chi connectivity index (χ3n) is 4.84. The van der Waals surface area contributed by atoms with Gasteiger partial charge >= 0.3 is 0 Å². The van der Waals surface area contributed by atoms with Gasteiger partial charge in [-0.15, -0.1) is 0 Å². The van der Waals surface area contributed by atoms with Crippen molar-refractivity contribution in [2.24, 2.45) is 0 Å². The molecule has 1 aliphatic rings. The monoisotopic (exact) mass is 330 g/mol. The Morgan fingerprint density at radius 1 is 0.880 bits per heavy atom. The van der Waals surface area contributed by atoms with Crippen molar-refractivity contribution in [2.45, 2.75) is 13.8 Å². The first-order valence-electron chi connectivity index (χ1n) is 8.91. The van der Waals surface area contributed by atoms with Crippen molar-refractivity contribution in [1.82, 2.24) is 4.90 Å². The minimum Gasteiger partial charge on any atom is -0.369 e. The number of nitrogens with zero attached hydrogens (tertiary/aromatic N) is 2. The molecule has 25 heavy (non-hydrogen) atoms. The Hall–Kier alpha value is -2.50. The molecule has 1 aliphatic heterocycles. The van der Waals surface area contributed by atoms with E-state index in [1.807, 2.05) is 6.08 Å². The summed E-state index contributed by atoms with van der Waals surface area (Å²) in [5.41, 5.74) is 6.19. The normalized spacial score (nSPS) is 15.2. The van der Waals surface area contributed by atoms with Crippen LogP contribution < -0.4 is 4.90 Å². The molecule has 1 fully saturated rings. The molecule has 0 atom stereocenters. The zero-order valence-electron chi connectivity index (χ0n) is 15.4. The lowest BCUT2D eigenvalue weighted by molar-refractivity contribution is 0.313. The highest BCUT2D eigenvalue weighted by Crippen LogP contribution is 2.16. The lowest BCUT2D eigenvalue weighted by Crippen LogP contribution is -2.44. The second-order valence-electron chi connectivity index (χ2n) is 6.78. The molecule has 1 heterocycles. The fraction of sp³-hybridized carbons (Fsp3) is 0.304. The molecule has 0 bridgehead atoms. The van der Waals surface area contributed by atoms with Crippen molar-refractivity contribution < 1.29 is 0 Å². The number of likely N-dealkylation sites (N-methyl/N-ethyl adjacent to an activating group) is 1. The minimum atomic E-state index is 1.06. The first-order valence-corrected chi connectivity index (χ1v) is 8.91. The van der Waals surface area contributed by atoms with Gasteiger partial charge in [0.25, 0.3) is 0 Å². The van der Waals surface area contributed by atoms with Crippen LogP contribution in [0.15, 0.2) is 48.5 Å². The molecule has 0 unspecified atom stereocenters. The number of anilines is 1. The summed E-state index contributed by atoms with van der Waals surface area (Å²) in [4.78, 5) is 4.81. The van der Waals surface area contributed by atoms with Crippen LogP contribution in [0.3, 0.4) is 0 Å². The molecule has 2 nitrogen and oxygen atoms in total. The predicted octanol–water partition coefficient (Wildman–Crippen LogP) is 4.12. The Balaban J connectivity index is 1.61. The van der Waals surface area contributed by atoms with Crippen LogP contribution in [-0.4, -0.2) is 38.1 Å². The molecular formula is C23H26N2. The van der Waals surface area contributed by atoms with E-state index in [9.17, 15) is 0 Å². The number of benzene rings is 2. The number of hydrogen-bond acceptors (Lipinski definition) is 2. The first-order chi connectivity index (χ1) is 12.1. The summed E-state index contributed by atoms with van der Waals surface area (Å²) in [6.45, 7) is 8.73. The summed E-state index contributed by atoms with van der Waals surface area (Å²) in [7, 11) is 2.18. The van der Waals surface area contributed by atoms with Gasteiger partial charge in [0, 0.05) is 37.4 Å². The van der Waals surface area contributed by atoms with Gasteiger partial charge in [0.15, 0.2) is 0 Å². The third-order valence-corrected chi connectivity index (χ3v) is 4.84. The van der Waals surface area contributed by atoms with E-state index < -0.39 is 0 Å². The maximum atomic E-state index is 3.21. The predicted molar refractivity (Wildman–Crippen MR) is 108 cm³/mol. The molecule has 0 spiro atoms. The van der Waals surface area contributed by atoms with Gasteiger partial charge in [0.05, 0.1) is 0 Å². The topological polar surface area (TPSA) is 6.48 Å². The van der Waals surface area contributed by atoms with Gasteiger partial charge in [-0.2, -0.15) is 0 Å². The average Bonchev–Trinajstić information content (AvgIpc) is 2.63. The van der Waals surface area contributed by atoms with E-state index in [1.165, 1.54) is 22.4 Å². The van der Waals surface area contributed by atoms with Gasteiger partial charge < -0.3 is 9.80 Å². The summed E-state index contributed by atoms with van der Waals surface area (Å²) in [6.07, 6.45) is 4.00. The summed E-state index contributed by atoms with van der Waals surface area (Å²) in [5, 5.41) is 0. The highest BCUT2D eigenvalue weighted by Gasteiger charge is 2.13. The van der Waals surface area contributed by atoms with E-state index in [2.05, 4.69) is 91.1 Å². The zero-order valence-corrected chi connectivity index (χ0v) is 15.4. The van der Waals surface area contributed by atoms with Gasteiger partial charge in [0.1, 0.15) is 0 Å². The molecule has 2 aromatic carbocycles. The molecular weight excluding hydrogens is 304 g/mol. The van der Waals surface area contributed by atoms with Crippen molar-refractivity contribution in [2.75, 3.05) is 38.1 Å². The van der Waals surface area contributed by atoms with Crippen LogP contribution in [0.4, 0.5) is 5.69 Å². The Kier molecular flexibility index (Phi) is 5.58.